The summed E-state index contributed by atoms with van der Waals surface area (Å²) in [4.78, 5) is 10.8. The van der Waals surface area contributed by atoms with Gasteiger partial charge in [0.15, 0.2) is 5.16 Å². The van der Waals surface area contributed by atoms with Gasteiger partial charge in [-0.1, -0.05) is 23.4 Å². The molecule has 1 fully saturated rings. The Labute approximate surface area is 117 Å². The third-order valence-corrected chi connectivity index (χ3v) is 3.53. The molecular formula is C10H16Cl2N4S. The molecule has 17 heavy (non-hydrogen) atoms. The molecule has 0 bridgehead atoms. The van der Waals surface area contributed by atoms with Crippen LogP contribution >= 0.6 is 35.8 Å². The summed E-state index contributed by atoms with van der Waals surface area (Å²) in [6.07, 6.45) is 3.10. The number of hydrogen-bond acceptors (Lipinski definition) is 5. The summed E-state index contributed by atoms with van der Waals surface area (Å²) in [5.74, 6) is 0.901. The molecule has 0 radical (unpaired) electrons. The number of nitrogens with one attached hydrogen (secondary N) is 1. The van der Waals surface area contributed by atoms with Crippen LogP contribution in [-0.2, 0) is 0 Å². The zero-order valence-electron chi connectivity index (χ0n) is 9.81. The zero-order chi connectivity index (χ0) is 11.5. The lowest BCUT2D eigenvalue weighted by molar-refractivity contribution is 0.672. The van der Waals surface area contributed by atoms with Crippen molar-refractivity contribution in [1.29, 1.82) is 0 Å². The highest BCUT2D eigenvalue weighted by Crippen LogP contribution is 2.22. The fourth-order valence-electron chi connectivity index (χ4n) is 1.81. The second kappa shape index (κ2) is 6.64. The fraction of sp³-hybridized carbons (Fsp3) is 0.600. The van der Waals surface area contributed by atoms with E-state index in [9.17, 15) is 0 Å². The van der Waals surface area contributed by atoms with Gasteiger partial charge in [0.25, 0.3) is 0 Å². The van der Waals surface area contributed by atoms with Crippen molar-refractivity contribution in [3.63, 3.8) is 0 Å². The Morgan fingerprint density at radius 1 is 1.53 bits per heavy atom. The number of halogens is 2. The molecule has 1 aliphatic heterocycles. The van der Waals surface area contributed by atoms with Crippen LogP contribution in [0.5, 0.6) is 0 Å². The quantitative estimate of drug-likeness (QED) is 0.525. The molecule has 0 aromatic carbocycles. The Hall–Kier alpha value is -0.230. The molecule has 1 N–H and O–H groups in total. The number of rotatable bonds is 3. The molecule has 1 unspecified atom stereocenters. The lowest BCUT2D eigenvalue weighted by Gasteiger charge is -2.24. The molecule has 1 aromatic heterocycles. The first kappa shape index (κ1) is 14.8. The molecule has 2 heterocycles. The molecule has 0 amide bonds. The third-order valence-electron chi connectivity index (χ3n) is 2.79. The summed E-state index contributed by atoms with van der Waals surface area (Å²) in [5, 5.41) is 4.57. The highest BCUT2D eigenvalue weighted by atomic mass is 35.5. The van der Waals surface area contributed by atoms with E-state index in [2.05, 4.69) is 27.2 Å². The Bertz CT molecular complexity index is 371. The monoisotopic (exact) mass is 294 g/mol. The average Bonchev–Trinajstić information content (AvgIpc) is 2.80. The summed E-state index contributed by atoms with van der Waals surface area (Å²) in [5.41, 5.74) is 0. The summed E-state index contributed by atoms with van der Waals surface area (Å²) in [7, 11) is 2.06. The van der Waals surface area contributed by atoms with Gasteiger partial charge in [0.1, 0.15) is 11.0 Å². The molecule has 1 atom stereocenters. The van der Waals surface area contributed by atoms with Crippen molar-refractivity contribution in [3.05, 3.63) is 11.2 Å². The van der Waals surface area contributed by atoms with Gasteiger partial charge in [-0.15, -0.1) is 12.4 Å². The van der Waals surface area contributed by atoms with Crippen LogP contribution in [0.15, 0.2) is 11.2 Å². The maximum atomic E-state index is 5.97. The largest absolute Gasteiger partial charge is 0.355 e. The Morgan fingerprint density at radius 3 is 2.88 bits per heavy atom. The molecule has 1 aliphatic rings. The van der Waals surface area contributed by atoms with Gasteiger partial charge < -0.3 is 10.2 Å². The van der Waals surface area contributed by atoms with Gasteiger partial charge in [0.2, 0.25) is 0 Å². The van der Waals surface area contributed by atoms with Crippen LogP contribution < -0.4 is 10.2 Å². The van der Waals surface area contributed by atoms with Crippen LogP contribution in [0.2, 0.25) is 5.15 Å². The second-order valence-electron chi connectivity index (χ2n) is 3.79. The van der Waals surface area contributed by atoms with Gasteiger partial charge in [-0.25, -0.2) is 9.97 Å². The Kier molecular flexibility index (Phi) is 5.79. The van der Waals surface area contributed by atoms with Crippen LogP contribution in [0, 0.1) is 0 Å². The number of nitrogens with zero attached hydrogens (tertiary/aromatic N) is 3. The molecule has 0 spiro atoms. The fourth-order valence-corrected chi connectivity index (χ4v) is 2.42. The van der Waals surface area contributed by atoms with E-state index in [1.54, 1.807) is 0 Å². The molecule has 96 valence electrons. The predicted molar refractivity (Wildman–Crippen MR) is 75.7 cm³/mol. The Morgan fingerprint density at radius 2 is 2.29 bits per heavy atom. The van der Waals surface area contributed by atoms with Crippen molar-refractivity contribution in [3.8, 4) is 0 Å². The third kappa shape index (κ3) is 3.61. The molecule has 1 aromatic rings. The lowest BCUT2D eigenvalue weighted by Crippen LogP contribution is -2.34. The molecular weight excluding hydrogens is 279 g/mol. The van der Waals surface area contributed by atoms with Crippen molar-refractivity contribution in [1.82, 2.24) is 15.3 Å². The SMILES string of the molecule is CSc1nc(Cl)cc(N(C)C2CCNC2)n1.Cl. The van der Waals surface area contributed by atoms with Gasteiger partial charge in [0, 0.05) is 25.7 Å². The molecule has 0 aliphatic carbocycles. The summed E-state index contributed by atoms with van der Waals surface area (Å²) < 4.78 is 0. The minimum Gasteiger partial charge on any atom is -0.355 e. The lowest BCUT2D eigenvalue weighted by atomic mass is 10.2. The van der Waals surface area contributed by atoms with Crippen molar-refractivity contribution >= 4 is 41.6 Å². The van der Waals surface area contributed by atoms with E-state index in [0.29, 0.717) is 11.2 Å². The van der Waals surface area contributed by atoms with E-state index in [1.165, 1.54) is 11.8 Å². The number of aromatic nitrogens is 2. The van der Waals surface area contributed by atoms with E-state index in [4.69, 9.17) is 11.6 Å². The maximum Gasteiger partial charge on any atom is 0.190 e. The van der Waals surface area contributed by atoms with Crippen molar-refractivity contribution in [2.45, 2.75) is 17.6 Å². The normalized spacial score (nSPS) is 18.9. The zero-order valence-corrected chi connectivity index (χ0v) is 12.2. The van der Waals surface area contributed by atoms with Gasteiger partial charge in [0.05, 0.1) is 0 Å². The molecule has 4 nitrogen and oxygen atoms in total. The summed E-state index contributed by atoms with van der Waals surface area (Å²) >= 11 is 7.48. The Balaban J connectivity index is 0.00000144. The topological polar surface area (TPSA) is 41.1 Å². The van der Waals surface area contributed by atoms with E-state index < -0.39 is 0 Å². The minimum atomic E-state index is 0. The first-order valence-corrected chi connectivity index (χ1v) is 6.83. The highest BCUT2D eigenvalue weighted by Gasteiger charge is 2.20. The molecule has 7 heteroatoms. The van der Waals surface area contributed by atoms with Crippen molar-refractivity contribution < 1.29 is 0 Å². The van der Waals surface area contributed by atoms with Crippen molar-refractivity contribution in [2.24, 2.45) is 0 Å². The van der Waals surface area contributed by atoms with Crippen LogP contribution in [0.1, 0.15) is 6.42 Å². The standard InChI is InChI=1S/C10H15ClN4S.ClH/c1-15(7-3-4-12-6-7)9-5-8(11)13-10(14-9)16-2;/h5,7,12H,3-4,6H2,1-2H3;1H. The van der Waals surface area contributed by atoms with Gasteiger partial charge in [-0.2, -0.15) is 0 Å². The average molecular weight is 295 g/mol. The van der Waals surface area contributed by atoms with Crippen molar-refractivity contribution in [2.75, 3.05) is 31.3 Å². The minimum absolute atomic E-state index is 0. The van der Waals surface area contributed by atoms with Crippen LogP contribution in [-0.4, -0.2) is 42.4 Å². The molecule has 0 saturated carbocycles. The summed E-state index contributed by atoms with van der Waals surface area (Å²) in [6.45, 7) is 2.08. The van der Waals surface area contributed by atoms with Crippen LogP contribution in [0.3, 0.4) is 0 Å². The number of anilines is 1. The van der Waals surface area contributed by atoms with E-state index in [1.807, 2.05) is 12.3 Å². The molecule has 2 rings (SSSR count). The summed E-state index contributed by atoms with van der Waals surface area (Å²) in [6, 6.07) is 2.32. The number of thioether (sulfide) groups is 1. The number of likely N-dealkylation sites (N-methyl/N-ethyl adjacent to an activating group) is 1. The predicted octanol–water partition coefficient (Wildman–Crippen LogP) is 2.07. The smallest absolute Gasteiger partial charge is 0.190 e. The maximum absolute atomic E-state index is 5.97. The first-order chi connectivity index (χ1) is 7.70. The van der Waals surface area contributed by atoms with Gasteiger partial charge in [-0.05, 0) is 19.2 Å². The van der Waals surface area contributed by atoms with Crippen LogP contribution in [0.4, 0.5) is 5.82 Å². The van der Waals surface area contributed by atoms with Gasteiger partial charge >= 0.3 is 0 Å². The van der Waals surface area contributed by atoms with Crippen LogP contribution in [0.25, 0.3) is 0 Å². The number of hydrogen-bond donors (Lipinski definition) is 1. The van der Waals surface area contributed by atoms with Gasteiger partial charge in [-0.3, -0.25) is 0 Å². The highest BCUT2D eigenvalue weighted by molar-refractivity contribution is 7.98. The van der Waals surface area contributed by atoms with E-state index in [-0.39, 0.29) is 12.4 Å². The first-order valence-electron chi connectivity index (χ1n) is 5.23. The second-order valence-corrected chi connectivity index (χ2v) is 4.95. The van der Waals surface area contributed by atoms with E-state index in [0.717, 1.165) is 30.5 Å². The molecule has 1 saturated heterocycles. The van der Waals surface area contributed by atoms with E-state index >= 15 is 0 Å².